The molecule has 0 fully saturated rings. The van der Waals surface area contributed by atoms with Crippen LogP contribution in [0.15, 0.2) is 40.6 Å². The minimum absolute atomic E-state index is 0.0469. The second-order valence-electron chi connectivity index (χ2n) is 3.53. The third kappa shape index (κ3) is 2.97. The van der Waals surface area contributed by atoms with Crippen LogP contribution in [0.5, 0.6) is 0 Å². The van der Waals surface area contributed by atoms with Crippen molar-refractivity contribution < 1.29 is 5.11 Å². The lowest BCUT2D eigenvalue weighted by Gasteiger charge is -2.07. The van der Waals surface area contributed by atoms with E-state index in [-0.39, 0.29) is 6.61 Å². The number of nitrogens with zero attached hydrogens (tertiary/aromatic N) is 2. The van der Waals surface area contributed by atoms with Gasteiger partial charge in [-0.25, -0.2) is 9.97 Å². The molecule has 1 heterocycles. The second-order valence-corrected chi connectivity index (χ2v) is 4.92. The van der Waals surface area contributed by atoms with Gasteiger partial charge >= 0.3 is 0 Å². The highest BCUT2D eigenvalue weighted by Crippen LogP contribution is 2.34. The van der Waals surface area contributed by atoms with E-state index in [1.165, 1.54) is 11.8 Å². The van der Waals surface area contributed by atoms with Crippen LogP contribution >= 0.6 is 23.4 Å². The van der Waals surface area contributed by atoms with Crippen LogP contribution in [0, 0.1) is 6.92 Å². The van der Waals surface area contributed by atoms with Gasteiger partial charge in [0.15, 0.2) is 5.16 Å². The minimum atomic E-state index is -0.0469. The number of aryl methyl sites for hydroxylation is 1. The molecule has 2 aromatic rings. The molecule has 0 amide bonds. The predicted octanol–water partition coefficient (Wildman–Crippen LogP) is 3.08. The largest absolute Gasteiger partial charge is 0.392 e. The highest BCUT2D eigenvalue weighted by Gasteiger charge is 2.09. The van der Waals surface area contributed by atoms with E-state index in [1.807, 2.05) is 19.1 Å². The third-order valence-electron chi connectivity index (χ3n) is 2.17. The van der Waals surface area contributed by atoms with Crippen molar-refractivity contribution in [1.82, 2.24) is 9.97 Å². The van der Waals surface area contributed by atoms with Crippen molar-refractivity contribution >= 4 is 23.4 Å². The van der Waals surface area contributed by atoms with Crippen molar-refractivity contribution in [2.24, 2.45) is 0 Å². The van der Waals surface area contributed by atoms with Gasteiger partial charge in [0.1, 0.15) is 0 Å². The molecule has 0 saturated heterocycles. The van der Waals surface area contributed by atoms with E-state index in [4.69, 9.17) is 11.6 Å². The summed E-state index contributed by atoms with van der Waals surface area (Å²) < 4.78 is 0. The molecule has 0 atom stereocenters. The topological polar surface area (TPSA) is 46.0 Å². The monoisotopic (exact) mass is 266 g/mol. The average Bonchev–Trinajstić information content (AvgIpc) is 2.34. The van der Waals surface area contributed by atoms with E-state index in [2.05, 4.69) is 9.97 Å². The molecule has 0 aliphatic carbocycles. The van der Waals surface area contributed by atoms with Crippen LogP contribution in [0.2, 0.25) is 5.02 Å². The van der Waals surface area contributed by atoms with Gasteiger partial charge in [-0.15, -0.1) is 0 Å². The summed E-state index contributed by atoms with van der Waals surface area (Å²) in [5, 5.41) is 10.5. The molecule has 5 heteroatoms. The third-order valence-corrected chi connectivity index (χ3v) is 3.68. The summed E-state index contributed by atoms with van der Waals surface area (Å²) in [5.74, 6) is 0. The number of rotatable bonds is 3. The van der Waals surface area contributed by atoms with Crippen LogP contribution < -0.4 is 0 Å². The first-order valence-electron chi connectivity index (χ1n) is 5.05. The first kappa shape index (κ1) is 12.4. The van der Waals surface area contributed by atoms with Gasteiger partial charge in [-0.05, 0) is 35.9 Å². The summed E-state index contributed by atoms with van der Waals surface area (Å²) >= 11 is 7.46. The number of aromatic nitrogens is 2. The van der Waals surface area contributed by atoms with E-state index in [0.29, 0.717) is 10.2 Å². The highest BCUT2D eigenvalue weighted by atomic mass is 35.5. The van der Waals surface area contributed by atoms with E-state index >= 15 is 0 Å². The highest BCUT2D eigenvalue weighted by molar-refractivity contribution is 7.99. The van der Waals surface area contributed by atoms with E-state index in [0.717, 1.165) is 16.0 Å². The Labute approximate surface area is 109 Å². The van der Waals surface area contributed by atoms with Crippen molar-refractivity contribution in [2.45, 2.75) is 23.6 Å². The number of benzene rings is 1. The van der Waals surface area contributed by atoms with E-state index in [1.54, 1.807) is 18.5 Å². The Morgan fingerprint density at radius 2 is 2.00 bits per heavy atom. The molecule has 1 aromatic heterocycles. The van der Waals surface area contributed by atoms with Crippen LogP contribution in [0.25, 0.3) is 0 Å². The molecule has 0 radical (unpaired) electrons. The Morgan fingerprint density at radius 3 is 2.65 bits per heavy atom. The number of halogens is 1. The molecule has 17 heavy (non-hydrogen) atoms. The van der Waals surface area contributed by atoms with Gasteiger partial charge in [-0.2, -0.15) is 0 Å². The van der Waals surface area contributed by atoms with Crippen molar-refractivity contribution in [3.8, 4) is 0 Å². The second kappa shape index (κ2) is 5.49. The zero-order valence-corrected chi connectivity index (χ0v) is 10.8. The Bertz CT molecular complexity index is 516. The van der Waals surface area contributed by atoms with Crippen molar-refractivity contribution in [1.29, 1.82) is 0 Å². The zero-order valence-electron chi connectivity index (χ0n) is 9.22. The summed E-state index contributed by atoms with van der Waals surface area (Å²) in [4.78, 5) is 9.21. The van der Waals surface area contributed by atoms with Crippen molar-refractivity contribution in [3.05, 3.63) is 46.7 Å². The molecule has 0 saturated carbocycles. The summed E-state index contributed by atoms with van der Waals surface area (Å²) in [7, 11) is 0. The number of aliphatic hydroxyl groups is 1. The molecule has 1 N–H and O–H groups in total. The molecular formula is C12H11ClN2OS. The Kier molecular flexibility index (Phi) is 3.99. The Morgan fingerprint density at radius 1 is 1.29 bits per heavy atom. The fraction of sp³-hybridized carbons (Fsp3) is 0.167. The maximum atomic E-state index is 9.25. The maximum absolute atomic E-state index is 9.25. The van der Waals surface area contributed by atoms with Crippen LogP contribution in [-0.4, -0.2) is 15.1 Å². The first-order chi connectivity index (χ1) is 8.20. The van der Waals surface area contributed by atoms with Crippen LogP contribution in [0.3, 0.4) is 0 Å². The van der Waals surface area contributed by atoms with Crippen LogP contribution in [-0.2, 0) is 6.61 Å². The standard InChI is InChI=1S/C12H11ClN2OS/c1-8-5-14-12(15-6-8)17-11-9(7-16)3-2-4-10(11)13/h2-6,16H,7H2,1H3. The summed E-state index contributed by atoms with van der Waals surface area (Å²) in [6.07, 6.45) is 3.51. The van der Waals surface area contributed by atoms with Gasteiger partial charge in [0, 0.05) is 17.3 Å². The molecule has 0 spiro atoms. The van der Waals surface area contributed by atoms with Gasteiger partial charge in [-0.1, -0.05) is 23.7 Å². The average molecular weight is 267 g/mol. The zero-order chi connectivity index (χ0) is 12.3. The van der Waals surface area contributed by atoms with E-state index < -0.39 is 0 Å². The summed E-state index contributed by atoms with van der Waals surface area (Å²) in [6, 6.07) is 5.44. The van der Waals surface area contributed by atoms with Crippen LogP contribution in [0.4, 0.5) is 0 Å². The number of aliphatic hydroxyl groups excluding tert-OH is 1. The number of hydrogen-bond acceptors (Lipinski definition) is 4. The first-order valence-corrected chi connectivity index (χ1v) is 6.25. The number of hydrogen-bond donors (Lipinski definition) is 1. The fourth-order valence-corrected chi connectivity index (χ4v) is 2.45. The van der Waals surface area contributed by atoms with E-state index in [9.17, 15) is 5.11 Å². The van der Waals surface area contributed by atoms with Crippen molar-refractivity contribution in [2.75, 3.05) is 0 Å². The molecule has 1 aromatic carbocycles. The van der Waals surface area contributed by atoms with Crippen molar-refractivity contribution in [3.63, 3.8) is 0 Å². The van der Waals surface area contributed by atoms with Crippen LogP contribution in [0.1, 0.15) is 11.1 Å². The van der Waals surface area contributed by atoms with Gasteiger partial charge in [0.25, 0.3) is 0 Å². The molecular weight excluding hydrogens is 256 g/mol. The molecule has 0 aliphatic rings. The smallest absolute Gasteiger partial charge is 0.192 e. The Hall–Kier alpha value is -1.10. The fourth-order valence-electron chi connectivity index (χ4n) is 1.32. The molecule has 2 rings (SSSR count). The normalized spacial score (nSPS) is 10.5. The molecule has 0 aliphatic heterocycles. The lowest BCUT2D eigenvalue weighted by Crippen LogP contribution is -1.91. The lowest BCUT2D eigenvalue weighted by atomic mass is 10.2. The molecule has 3 nitrogen and oxygen atoms in total. The minimum Gasteiger partial charge on any atom is -0.392 e. The maximum Gasteiger partial charge on any atom is 0.192 e. The quantitative estimate of drug-likeness (QED) is 0.868. The lowest BCUT2D eigenvalue weighted by molar-refractivity contribution is 0.279. The summed E-state index contributed by atoms with van der Waals surface area (Å²) in [5.41, 5.74) is 1.79. The van der Waals surface area contributed by atoms with Gasteiger partial charge in [0.2, 0.25) is 0 Å². The predicted molar refractivity (Wildman–Crippen MR) is 68.3 cm³/mol. The van der Waals surface area contributed by atoms with Gasteiger partial charge in [0.05, 0.1) is 11.6 Å². The molecule has 0 unspecified atom stereocenters. The molecule has 88 valence electrons. The van der Waals surface area contributed by atoms with Gasteiger partial charge in [-0.3, -0.25) is 0 Å². The Balaban J connectivity index is 2.32. The van der Waals surface area contributed by atoms with Gasteiger partial charge < -0.3 is 5.11 Å². The summed E-state index contributed by atoms with van der Waals surface area (Å²) in [6.45, 7) is 1.89. The SMILES string of the molecule is Cc1cnc(Sc2c(Cl)cccc2CO)nc1. The molecule has 0 bridgehead atoms.